The normalized spacial score (nSPS) is 24.0. The van der Waals surface area contributed by atoms with Crippen molar-refractivity contribution >= 4 is 15.7 Å². The Balaban J connectivity index is 2.34. The van der Waals surface area contributed by atoms with Crippen molar-refractivity contribution in [3.63, 3.8) is 0 Å². The largest absolute Gasteiger partial charge is 0.391 e. The zero-order valence-corrected chi connectivity index (χ0v) is 12.1. The number of hydrogen-bond donors (Lipinski definition) is 1. The lowest BCUT2D eigenvalue weighted by Crippen LogP contribution is -2.45. The molecular formula is C12H15FN2O5S. The van der Waals surface area contributed by atoms with E-state index in [2.05, 4.69) is 0 Å². The van der Waals surface area contributed by atoms with Crippen LogP contribution in [0.15, 0.2) is 23.1 Å². The second kappa shape index (κ2) is 5.66. The van der Waals surface area contributed by atoms with Crippen molar-refractivity contribution < 1.29 is 22.8 Å². The maximum absolute atomic E-state index is 13.9. The molecule has 1 aromatic carbocycles. The average Bonchev–Trinajstić information content (AvgIpc) is 2.41. The van der Waals surface area contributed by atoms with Gasteiger partial charge in [0.15, 0.2) is 0 Å². The molecule has 116 valence electrons. The van der Waals surface area contributed by atoms with Crippen LogP contribution in [0.4, 0.5) is 10.1 Å². The molecule has 9 heteroatoms. The Morgan fingerprint density at radius 1 is 1.48 bits per heavy atom. The summed E-state index contributed by atoms with van der Waals surface area (Å²) >= 11 is 0. The van der Waals surface area contributed by atoms with Gasteiger partial charge in [-0.1, -0.05) is 6.92 Å². The first kappa shape index (κ1) is 15.8. The minimum absolute atomic E-state index is 0.0295. The van der Waals surface area contributed by atoms with Crippen molar-refractivity contribution in [2.45, 2.75) is 24.3 Å². The summed E-state index contributed by atoms with van der Waals surface area (Å²) in [5, 5.41) is 20.3. The number of sulfonamides is 1. The molecule has 1 saturated heterocycles. The number of aliphatic hydroxyl groups excluding tert-OH is 1. The molecule has 2 rings (SSSR count). The summed E-state index contributed by atoms with van der Waals surface area (Å²) in [4.78, 5) is 9.13. The van der Waals surface area contributed by atoms with E-state index >= 15 is 0 Å². The summed E-state index contributed by atoms with van der Waals surface area (Å²) in [5.74, 6) is -1.20. The first-order valence-corrected chi connectivity index (χ1v) is 7.79. The smallest absolute Gasteiger partial charge is 0.272 e. The number of β-amino-alcohol motifs (C(OH)–C–C–N with tert-alkyl or cyclic N) is 1. The Kier molecular flexibility index (Phi) is 4.26. The molecule has 21 heavy (non-hydrogen) atoms. The number of piperidine rings is 1. The molecule has 0 spiro atoms. The van der Waals surface area contributed by atoms with Gasteiger partial charge >= 0.3 is 0 Å². The lowest BCUT2D eigenvalue weighted by Gasteiger charge is -2.33. The highest BCUT2D eigenvalue weighted by Gasteiger charge is 2.34. The van der Waals surface area contributed by atoms with Crippen LogP contribution in [0, 0.1) is 21.8 Å². The molecule has 0 amide bonds. The van der Waals surface area contributed by atoms with Crippen LogP contribution in [0.1, 0.15) is 13.3 Å². The predicted molar refractivity (Wildman–Crippen MR) is 71.6 cm³/mol. The van der Waals surface area contributed by atoms with E-state index in [0.717, 1.165) is 16.4 Å². The first-order valence-electron chi connectivity index (χ1n) is 6.35. The van der Waals surface area contributed by atoms with Gasteiger partial charge in [0.2, 0.25) is 10.0 Å². The maximum atomic E-state index is 13.9. The van der Waals surface area contributed by atoms with Crippen molar-refractivity contribution in [1.82, 2.24) is 4.31 Å². The lowest BCUT2D eigenvalue weighted by molar-refractivity contribution is -0.385. The monoisotopic (exact) mass is 318 g/mol. The number of rotatable bonds is 3. The van der Waals surface area contributed by atoms with Gasteiger partial charge in [0.05, 0.1) is 17.1 Å². The van der Waals surface area contributed by atoms with E-state index in [0.29, 0.717) is 12.5 Å². The van der Waals surface area contributed by atoms with Crippen molar-refractivity contribution in [1.29, 1.82) is 0 Å². The molecule has 1 fully saturated rings. The van der Waals surface area contributed by atoms with Crippen LogP contribution in [0.3, 0.4) is 0 Å². The van der Waals surface area contributed by atoms with Crippen molar-refractivity contribution in [2.75, 3.05) is 13.1 Å². The number of non-ortho nitro benzene ring substituents is 1. The zero-order chi connectivity index (χ0) is 15.8. The number of nitrogens with zero attached hydrogens (tertiary/aromatic N) is 2. The van der Waals surface area contributed by atoms with Crippen LogP contribution < -0.4 is 0 Å². The zero-order valence-electron chi connectivity index (χ0n) is 11.3. The Hall–Kier alpha value is -1.58. The van der Waals surface area contributed by atoms with Gasteiger partial charge in [-0.15, -0.1) is 0 Å². The van der Waals surface area contributed by atoms with Gasteiger partial charge in [0.1, 0.15) is 10.7 Å². The van der Waals surface area contributed by atoms with Crippen molar-refractivity contribution in [3.8, 4) is 0 Å². The van der Waals surface area contributed by atoms with Crippen LogP contribution in [0.5, 0.6) is 0 Å². The Morgan fingerprint density at radius 3 is 2.67 bits per heavy atom. The molecule has 0 saturated carbocycles. The lowest BCUT2D eigenvalue weighted by atomic mass is 9.98. The number of nitro benzene ring substituents is 1. The fraction of sp³-hybridized carbons (Fsp3) is 0.500. The summed E-state index contributed by atoms with van der Waals surface area (Å²) in [5.41, 5.74) is -0.515. The fourth-order valence-corrected chi connectivity index (χ4v) is 3.71. The summed E-state index contributed by atoms with van der Waals surface area (Å²) in [6.07, 6.45) is -0.343. The van der Waals surface area contributed by atoms with Crippen LogP contribution in [0.2, 0.25) is 0 Å². The van der Waals surface area contributed by atoms with Gasteiger partial charge in [0.25, 0.3) is 5.69 Å². The van der Waals surface area contributed by atoms with E-state index in [4.69, 9.17) is 0 Å². The molecule has 2 unspecified atom stereocenters. The van der Waals surface area contributed by atoms with Crippen LogP contribution >= 0.6 is 0 Å². The van der Waals surface area contributed by atoms with E-state index in [1.54, 1.807) is 6.92 Å². The first-order chi connectivity index (χ1) is 9.73. The SMILES string of the molecule is CC1CCN(S(=O)(=O)c2ccc([N+](=O)[O-])cc2F)CC1O. The number of aliphatic hydroxyl groups is 1. The van der Waals surface area contributed by atoms with Crippen molar-refractivity contribution in [2.24, 2.45) is 5.92 Å². The highest BCUT2D eigenvalue weighted by molar-refractivity contribution is 7.89. The Labute approximate surface area is 121 Å². The van der Waals surface area contributed by atoms with E-state index < -0.39 is 37.5 Å². The number of halogens is 1. The third kappa shape index (κ3) is 3.04. The Bertz CT molecular complexity index is 664. The summed E-state index contributed by atoms with van der Waals surface area (Å²) in [6, 6.07) is 2.40. The highest BCUT2D eigenvalue weighted by atomic mass is 32.2. The molecule has 1 N–H and O–H groups in total. The van der Waals surface area contributed by atoms with Gasteiger partial charge in [0, 0.05) is 19.2 Å². The summed E-state index contributed by atoms with van der Waals surface area (Å²) in [7, 11) is -4.12. The molecule has 7 nitrogen and oxygen atoms in total. The quantitative estimate of drug-likeness (QED) is 0.665. The molecular weight excluding hydrogens is 303 g/mol. The molecule has 1 heterocycles. The standard InChI is InChI=1S/C12H15FN2O5S/c1-8-4-5-14(7-11(8)16)21(19,20)12-3-2-9(15(17)18)6-10(12)13/h2-3,6,8,11,16H,4-5,7H2,1H3. The molecule has 1 aromatic rings. The second-order valence-electron chi connectivity index (χ2n) is 5.07. The van der Waals surface area contributed by atoms with Crippen LogP contribution in [-0.2, 0) is 10.0 Å². The molecule has 0 aliphatic carbocycles. The van der Waals surface area contributed by atoms with E-state index in [9.17, 15) is 28.0 Å². The number of nitro groups is 1. The van der Waals surface area contributed by atoms with Gasteiger partial charge in [-0.2, -0.15) is 4.31 Å². The molecule has 2 atom stereocenters. The van der Waals surface area contributed by atoms with Crippen LogP contribution in [0.25, 0.3) is 0 Å². The average molecular weight is 318 g/mol. The summed E-state index contributed by atoms with van der Waals surface area (Å²) < 4.78 is 39.6. The van der Waals surface area contributed by atoms with E-state index in [-0.39, 0.29) is 19.0 Å². The Morgan fingerprint density at radius 2 is 2.14 bits per heavy atom. The van der Waals surface area contributed by atoms with Gasteiger partial charge in [-0.25, -0.2) is 12.8 Å². The molecule has 1 aliphatic heterocycles. The second-order valence-corrected chi connectivity index (χ2v) is 6.97. The fourth-order valence-electron chi connectivity index (χ4n) is 2.19. The number of hydrogen-bond acceptors (Lipinski definition) is 5. The van der Waals surface area contributed by atoms with Gasteiger partial charge in [-0.05, 0) is 18.4 Å². The van der Waals surface area contributed by atoms with E-state index in [1.807, 2.05) is 0 Å². The third-order valence-electron chi connectivity index (χ3n) is 3.63. The topological polar surface area (TPSA) is 101 Å². The molecule has 1 aliphatic rings. The van der Waals surface area contributed by atoms with Gasteiger partial charge in [-0.3, -0.25) is 10.1 Å². The van der Waals surface area contributed by atoms with Crippen molar-refractivity contribution in [3.05, 3.63) is 34.1 Å². The van der Waals surface area contributed by atoms with Gasteiger partial charge < -0.3 is 5.11 Å². The minimum Gasteiger partial charge on any atom is -0.391 e. The van der Waals surface area contributed by atoms with Crippen LogP contribution in [-0.4, -0.2) is 41.9 Å². The molecule has 0 aromatic heterocycles. The maximum Gasteiger partial charge on any atom is 0.272 e. The number of benzene rings is 1. The summed E-state index contributed by atoms with van der Waals surface area (Å²) in [6.45, 7) is 1.87. The predicted octanol–water partition coefficient (Wildman–Crippen LogP) is 1.13. The highest BCUT2D eigenvalue weighted by Crippen LogP contribution is 2.27. The molecule has 0 radical (unpaired) electrons. The minimum atomic E-state index is -4.12. The van der Waals surface area contributed by atoms with E-state index in [1.165, 1.54) is 0 Å². The third-order valence-corrected chi connectivity index (χ3v) is 5.52. The molecule has 0 bridgehead atoms.